The normalized spacial score (nSPS) is 18.2. The lowest BCUT2D eigenvalue weighted by Crippen LogP contribution is -2.41. The molecule has 0 bridgehead atoms. The fourth-order valence-corrected chi connectivity index (χ4v) is 5.78. The van der Waals surface area contributed by atoms with Crippen molar-refractivity contribution in [3.63, 3.8) is 0 Å². The molecule has 4 heteroatoms. The van der Waals surface area contributed by atoms with Crippen LogP contribution in [-0.4, -0.2) is 18.3 Å². The summed E-state index contributed by atoms with van der Waals surface area (Å²) in [5.41, 5.74) is 0.404. The quantitative estimate of drug-likeness (QED) is 0.288. The topological polar surface area (TPSA) is 18.5 Å². The molecule has 0 radical (unpaired) electrons. The van der Waals surface area contributed by atoms with E-state index in [0.29, 0.717) is 0 Å². The molecule has 2 heterocycles. The Balaban J connectivity index is 1.71. The van der Waals surface area contributed by atoms with E-state index in [2.05, 4.69) is 94.4 Å². The van der Waals surface area contributed by atoms with Crippen molar-refractivity contribution in [2.45, 2.75) is 38.9 Å². The van der Waals surface area contributed by atoms with Crippen molar-refractivity contribution in [1.29, 1.82) is 0 Å². The summed E-state index contributed by atoms with van der Waals surface area (Å²) >= 11 is 1.85. The van der Waals surface area contributed by atoms with Gasteiger partial charge in [0, 0.05) is 20.2 Å². The fraction of sp³-hybridized carbons (Fsp3) is 0.231. The van der Waals surface area contributed by atoms with Gasteiger partial charge in [0.25, 0.3) is 0 Å². The van der Waals surface area contributed by atoms with Crippen LogP contribution in [0.4, 0.5) is 0 Å². The van der Waals surface area contributed by atoms with Crippen molar-refractivity contribution < 1.29 is 9.31 Å². The van der Waals surface area contributed by atoms with Crippen LogP contribution in [0.5, 0.6) is 0 Å². The Morgan fingerprint density at radius 2 is 1.27 bits per heavy atom. The monoisotopic (exact) mass is 410 g/mol. The minimum Gasteiger partial charge on any atom is -0.399 e. The molecule has 1 fully saturated rings. The molecule has 0 saturated carbocycles. The van der Waals surface area contributed by atoms with E-state index < -0.39 is 0 Å². The molecular formula is C26H23BO2S. The molecule has 0 unspecified atom stereocenters. The second-order valence-electron chi connectivity index (χ2n) is 9.23. The Hall–Kier alpha value is -2.40. The first kappa shape index (κ1) is 18.4. The summed E-state index contributed by atoms with van der Waals surface area (Å²) in [6.45, 7) is 8.44. The standard InChI is InChI=1S/C26H23BO2S/c1-25(2)26(3,4)29-27(28-25)20-15-22-24(19-12-8-7-11-18(19)20)23-17-10-6-5-9-16(17)13-14-21(23)30-22/h5-15H,1-4H3. The van der Waals surface area contributed by atoms with Gasteiger partial charge in [0.05, 0.1) is 11.2 Å². The van der Waals surface area contributed by atoms with E-state index in [1.807, 2.05) is 11.3 Å². The molecule has 30 heavy (non-hydrogen) atoms. The first-order valence-corrected chi connectivity index (χ1v) is 11.3. The van der Waals surface area contributed by atoms with Gasteiger partial charge < -0.3 is 9.31 Å². The molecule has 6 rings (SSSR count). The van der Waals surface area contributed by atoms with E-state index >= 15 is 0 Å². The number of benzene rings is 4. The summed E-state index contributed by atoms with van der Waals surface area (Å²) in [5, 5.41) is 7.75. The zero-order chi connectivity index (χ0) is 20.7. The summed E-state index contributed by atoms with van der Waals surface area (Å²) in [6, 6.07) is 24.1. The molecule has 0 spiro atoms. The highest BCUT2D eigenvalue weighted by molar-refractivity contribution is 7.26. The van der Waals surface area contributed by atoms with Crippen molar-refractivity contribution in [3.8, 4) is 0 Å². The summed E-state index contributed by atoms with van der Waals surface area (Å²) < 4.78 is 15.5. The van der Waals surface area contributed by atoms with Gasteiger partial charge in [-0.15, -0.1) is 11.3 Å². The van der Waals surface area contributed by atoms with Crippen molar-refractivity contribution >= 4 is 65.6 Å². The summed E-state index contributed by atoms with van der Waals surface area (Å²) in [5.74, 6) is 0. The first-order valence-electron chi connectivity index (χ1n) is 10.5. The highest BCUT2D eigenvalue weighted by Gasteiger charge is 2.52. The fourth-order valence-electron chi connectivity index (χ4n) is 4.59. The van der Waals surface area contributed by atoms with Crippen molar-refractivity contribution in [2.24, 2.45) is 0 Å². The van der Waals surface area contributed by atoms with Crippen LogP contribution in [0.25, 0.3) is 41.7 Å². The minimum atomic E-state index is -0.369. The van der Waals surface area contributed by atoms with Gasteiger partial charge in [-0.3, -0.25) is 0 Å². The number of fused-ring (bicyclic) bond motifs is 7. The van der Waals surface area contributed by atoms with Gasteiger partial charge in [-0.1, -0.05) is 54.6 Å². The summed E-state index contributed by atoms with van der Waals surface area (Å²) in [6.07, 6.45) is 0. The van der Waals surface area contributed by atoms with Crippen LogP contribution in [0.15, 0.2) is 66.7 Å². The Labute approximate surface area is 180 Å². The van der Waals surface area contributed by atoms with Gasteiger partial charge in [-0.2, -0.15) is 0 Å². The van der Waals surface area contributed by atoms with Crippen LogP contribution in [0, 0.1) is 0 Å². The molecule has 1 aromatic heterocycles. The van der Waals surface area contributed by atoms with Crippen molar-refractivity contribution in [2.75, 3.05) is 0 Å². The maximum atomic E-state index is 6.43. The smallest absolute Gasteiger partial charge is 0.399 e. The number of hydrogen-bond donors (Lipinski definition) is 0. The van der Waals surface area contributed by atoms with Gasteiger partial charge in [0.2, 0.25) is 0 Å². The molecular weight excluding hydrogens is 387 g/mol. The van der Waals surface area contributed by atoms with Gasteiger partial charge in [-0.05, 0) is 66.8 Å². The SMILES string of the molecule is CC1(C)OB(c2cc3sc4ccc5ccccc5c4c3c3ccccc23)OC1(C)C. The van der Waals surface area contributed by atoms with Gasteiger partial charge >= 0.3 is 7.12 Å². The molecule has 0 N–H and O–H groups in total. The maximum Gasteiger partial charge on any atom is 0.495 e. The number of rotatable bonds is 1. The largest absolute Gasteiger partial charge is 0.495 e. The van der Waals surface area contributed by atoms with Crippen LogP contribution in [0.3, 0.4) is 0 Å². The third kappa shape index (κ3) is 2.45. The van der Waals surface area contributed by atoms with Crippen LogP contribution in [-0.2, 0) is 9.31 Å². The van der Waals surface area contributed by atoms with Gasteiger partial charge in [-0.25, -0.2) is 0 Å². The molecule has 1 saturated heterocycles. The van der Waals surface area contributed by atoms with Crippen LogP contribution in [0.1, 0.15) is 27.7 Å². The lowest BCUT2D eigenvalue weighted by Gasteiger charge is -2.32. The molecule has 5 aromatic rings. The van der Waals surface area contributed by atoms with E-state index in [4.69, 9.17) is 9.31 Å². The van der Waals surface area contributed by atoms with Crippen molar-refractivity contribution in [3.05, 3.63) is 66.7 Å². The molecule has 2 nitrogen and oxygen atoms in total. The van der Waals surface area contributed by atoms with E-state index in [-0.39, 0.29) is 18.3 Å². The van der Waals surface area contributed by atoms with E-state index in [0.717, 1.165) is 5.46 Å². The third-order valence-electron chi connectivity index (χ3n) is 6.91. The van der Waals surface area contributed by atoms with E-state index in [9.17, 15) is 0 Å². The molecule has 4 aromatic carbocycles. The Kier molecular flexibility index (Phi) is 3.72. The Bertz CT molecular complexity index is 1450. The highest BCUT2D eigenvalue weighted by atomic mass is 32.1. The molecule has 148 valence electrons. The molecule has 1 aliphatic rings. The third-order valence-corrected chi connectivity index (χ3v) is 8.01. The zero-order valence-corrected chi connectivity index (χ0v) is 18.5. The van der Waals surface area contributed by atoms with E-state index in [1.165, 1.54) is 41.7 Å². The second-order valence-corrected chi connectivity index (χ2v) is 10.3. The lowest BCUT2D eigenvalue weighted by molar-refractivity contribution is 0.00578. The average Bonchev–Trinajstić information content (AvgIpc) is 3.21. The summed E-state index contributed by atoms with van der Waals surface area (Å²) in [4.78, 5) is 0. The molecule has 0 amide bonds. The zero-order valence-electron chi connectivity index (χ0n) is 17.7. The Morgan fingerprint density at radius 3 is 2.00 bits per heavy atom. The summed E-state index contributed by atoms with van der Waals surface area (Å²) in [7, 11) is -0.369. The van der Waals surface area contributed by atoms with Crippen LogP contribution >= 0.6 is 11.3 Å². The highest BCUT2D eigenvalue weighted by Crippen LogP contribution is 2.43. The predicted molar refractivity (Wildman–Crippen MR) is 130 cm³/mol. The Morgan fingerprint density at radius 1 is 0.667 bits per heavy atom. The van der Waals surface area contributed by atoms with Gasteiger partial charge in [0.15, 0.2) is 0 Å². The first-order chi connectivity index (χ1) is 14.4. The van der Waals surface area contributed by atoms with Gasteiger partial charge in [0.1, 0.15) is 0 Å². The molecule has 0 atom stereocenters. The predicted octanol–water partition coefficient (Wildman–Crippen LogP) is 6.66. The lowest BCUT2D eigenvalue weighted by atomic mass is 9.75. The maximum absolute atomic E-state index is 6.43. The van der Waals surface area contributed by atoms with Crippen LogP contribution in [0.2, 0.25) is 0 Å². The minimum absolute atomic E-state index is 0.357. The molecule has 1 aliphatic heterocycles. The number of thiophene rings is 1. The molecule has 0 aliphatic carbocycles. The van der Waals surface area contributed by atoms with Crippen molar-refractivity contribution in [1.82, 2.24) is 0 Å². The second kappa shape index (κ2) is 6.07. The number of hydrogen-bond acceptors (Lipinski definition) is 3. The average molecular weight is 410 g/mol. The van der Waals surface area contributed by atoms with Crippen LogP contribution < -0.4 is 5.46 Å². The van der Waals surface area contributed by atoms with E-state index in [1.54, 1.807) is 0 Å².